The Balaban J connectivity index is 2.03. The minimum atomic E-state index is -1.19. The van der Waals surface area contributed by atoms with E-state index in [-0.39, 0.29) is 23.3 Å². The molecule has 2 rings (SSSR count). The molecular weight excluding hydrogens is 318 g/mol. The van der Waals surface area contributed by atoms with Crippen molar-refractivity contribution in [2.45, 2.75) is 18.7 Å². The Morgan fingerprint density at radius 3 is 2.65 bits per heavy atom. The molecule has 0 atom stereocenters. The van der Waals surface area contributed by atoms with Crippen LogP contribution in [0, 0.1) is 0 Å². The molecule has 0 aliphatic carbocycles. The maximum Gasteiger partial charge on any atom is 0.413 e. The molecule has 1 amide bonds. The standard InChI is InChI=1S/C15H15N3O4S/c1-2-23-14-16-11(13(19)20)8-12(17-14)18-15(21)22-9-10-6-4-3-5-7-10/h3-8H,2,9H2,1H3,(H,19,20)(H,16,17,18,21). The Bertz CT molecular complexity index is 694. The van der Waals surface area contributed by atoms with E-state index in [2.05, 4.69) is 15.3 Å². The van der Waals surface area contributed by atoms with Crippen molar-refractivity contribution in [3.8, 4) is 0 Å². The number of nitrogens with one attached hydrogen (secondary N) is 1. The second-order valence-corrected chi connectivity index (χ2v) is 5.58. The molecule has 1 aromatic heterocycles. The molecular formula is C15H15N3O4S. The van der Waals surface area contributed by atoms with E-state index in [1.807, 2.05) is 37.3 Å². The van der Waals surface area contributed by atoms with E-state index in [1.165, 1.54) is 17.8 Å². The van der Waals surface area contributed by atoms with Crippen molar-refractivity contribution >= 4 is 29.6 Å². The topological polar surface area (TPSA) is 101 Å². The third-order valence-corrected chi connectivity index (χ3v) is 3.37. The number of nitrogens with zero attached hydrogens (tertiary/aromatic N) is 2. The van der Waals surface area contributed by atoms with Crippen LogP contribution < -0.4 is 5.32 Å². The molecule has 120 valence electrons. The van der Waals surface area contributed by atoms with Gasteiger partial charge in [-0.3, -0.25) is 5.32 Å². The van der Waals surface area contributed by atoms with Gasteiger partial charge in [0.15, 0.2) is 10.9 Å². The monoisotopic (exact) mass is 333 g/mol. The Labute approximate surface area is 137 Å². The molecule has 0 unspecified atom stereocenters. The van der Waals surface area contributed by atoms with E-state index in [0.717, 1.165) is 5.56 Å². The molecule has 2 N–H and O–H groups in total. The Kier molecular flexibility index (Phi) is 5.93. The SMILES string of the molecule is CCSc1nc(NC(=O)OCc2ccccc2)cc(C(=O)O)n1. The van der Waals surface area contributed by atoms with E-state index in [1.54, 1.807) is 0 Å². The van der Waals surface area contributed by atoms with Crippen LogP contribution in [0.2, 0.25) is 0 Å². The summed E-state index contributed by atoms with van der Waals surface area (Å²) in [4.78, 5) is 30.8. The molecule has 1 aromatic carbocycles. The van der Waals surface area contributed by atoms with Gasteiger partial charge in [0.2, 0.25) is 0 Å². The molecule has 0 spiro atoms. The fraction of sp³-hybridized carbons (Fsp3) is 0.200. The predicted octanol–water partition coefficient (Wildman–Crippen LogP) is 3.04. The zero-order chi connectivity index (χ0) is 16.7. The number of hydrogen-bond donors (Lipinski definition) is 2. The first-order valence-corrected chi connectivity index (χ1v) is 7.80. The van der Waals surface area contributed by atoms with Gasteiger partial charge in [-0.05, 0) is 11.3 Å². The van der Waals surface area contributed by atoms with Gasteiger partial charge in [-0.2, -0.15) is 0 Å². The van der Waals surface area contributed by atoms with Crippen LogP contribution in [-0.2, 0) is 11.3 Å². The van der Waals surface area contributed by atoms with Crippen molar-refractivity contribution in [2.24, 2.45) is 0 Å². The molecule has 0 bridgehead atoms. The number of benzene rings is 1. The van der Waals surface area contributed by atoms with Gasteiger partial charge in [0.1, 0.15) is 12.4 Å². The Morgan fingerprint density at radius 2 is 2.00 bits per heavy atom. The summed E-state index contributed by atoms with van der Waals surface area (Å²) in [5.41, 5.74) is 0.660. The Hall–Kier alpha value is -2.61. The van der Waals surface area contributed by atoms with Gasteiger partial charge in [-0.25, -0.2) is 19.6 Å². The second-order valence-electron chi connectivity index (χ2n) is 4.35. The molecule has 23 heavy (non-hydrogen) atoms. The van der Waals surface area contributed by atoms with Crippen LogP contribution in [0.25, 0.3) is 0 Å². The number of carbonyl (C=O) groups is 2. The lowest BCUT2D eigenvalue weighted by Gasteiger charge is -2.08. The van der Waals surface area contributed by atoms with Crippen LogP contribution in [0.4, 0.5) is 10.6 Å². The van der Waals surface area contributed by atoms with Gasteiger partial charge in [0.25, 0.3) is 0 Å². The number of amides is 1. The van der Waals surface area contributed by atoms with Crippen molar-refractivity contribution in [2.75, 3.05) is 11.1 Å². The van der Waals surface area contributed by atoms with Crippen LogP contribution in [0.5, 0.6) is 0 Å². The lowest BCUT2D eigenvalue weighted by atomic mass is 10.2. The summed E-state index contributed by atoms with van der Waals surface area (Å²) in [5.74, 6) is -0.418. The van der Waals surface area contributed by atoms with E-state index in [4.69, 9.17) is 9.84 Å². The second kappa shape index (κ2) is 8.14. The third kappa shape index (κ3) is 5.26. The van der Waals surface area contributed by atoms with E-state index in [0.29, 0.717) is 5.75 Å². The summed E-state index contributed by atoms with van der Waals surface area (Å²) < 4.78 is 5.07. The molecule has 7 nitrogen and oxygen atoms in total. The van der Waals surface area contributed by atoms with Gasteiger partial charge < -0.3 is 9.84 Å². The number of thioether (sulfide) groups is 1. The van der Waals surface area contributed by atoms with Gasteiger partial charge in [-0.15, -0.1) is 0 Å². The summed E-state index contributed by atoms with van der Waals surface area (Å²) >= 11 is 1.28. The normalized spacial score (nSPS) is 10.1. The summed E-state index contributed by atoms with van der Waals surface area (Å²) in [6.07, 6.45) is -0.712. The van der Waals surface area contributed by atoms with Gasteiger partial charge >= 0.3 is 12.1 Å². The number of anilines is 1. The van der Waals surface area contributed by atoms with Gasteiger partial charge in [-0.1, -0.05) is 49.0 Å². The van der Waals surface area contributed by atoms with Crippen LogP contribution in [0.15, 0.2) is 41.6 Å². The van der Waals surface area contributed by atoms with Crippen molar-refractivity contribution in [3.63, 3.8) is 0 Å². The highest BCUT2D eigenvalue weighted by atomic mass is 32.2. The predicted molar refractivity (Wildman–Crippen MR) is 85.6 cm³/mol. The number of carboxylic acid groups (broad SMARTS) is 1. The summed E-state index contributed by atoms with van der Waals surface area (Å²) in [5, 5.41) is 11.7. The van der Waals surface area contributed by atoms with E-state index < -0.39 is 12.1 Å². The van der Waals surface area contributed by atoms with E-state index >= 15 is 0 Å². The first-order chi connectivity index (χ1) is 11.1. The molecule has 0 aliphatic heterocycles. The maximum atomic E-state index is 11.8. The molecule has 0 saturated carbocycles. The average molecular weight is 333 g/mol. The molecule has 2 aromatic rings. The highest BCUT2D eigenvalue weighted by molar-refractivity contribution is 7.99. The van der Waals surface area contributed by atoms with Gasteiger partial charge in [0, 0.05) is 6.07 Å². The maximum absolute atomic E-state index is 11.8. The number of rotatable bonds is 6. The summed E-state index contributed by atoms with van der Waals surface area (Å²) in [7, 11) is 0. The molecule has 0 radical (unpaired) electrons. The number of ether oxygens (including phenoxy) is 1. The number of carbonyl (C=O) groups excluding carboxylic acids is 1. The summed E-state index contributed by atoms with van der Waals surface area (Å²) in [6, 6.07) is 10.4. The first kappa shape index (κ1) is 16.8. The smallest absolute Gasteiger partial charge is 0.413 e. The highest BCUT2D eigenvalue weighted by Gasteiger charge is 2.13. The number of aromatic nitrogens is 2. The minimum absolute atomic E-state index is 0.0893. The lowest BCUT2D eigenvalue weighted by Crippen LogP contribution is -2.16. The number of hydrogen-bond acceptors (Lipinski definition) is 6. The number of carboxylic acids is 1. The zero-order valence-electron chi connectivity index (χ0n) is 12.4. The molecule has 0 fully saturated rings. The van der Waals surface area contributed by atoms with Crippen molar-refractivity contribution in [1.82, 2.24) is 9.97 Å². The van der Waals surface area contributed by atoms with Crippen molar-refractivity contribution < 1.29 is 19.4 Å². The van der Waals surface area contributed by atoms with Crippen molar-refractivity contribution in [3.05, 3.63) is 47.7 Å². The highest BCUT2D eigenvalue weighted by Crippen LogP contribution is 2.16. The summed E-state index contributed by atoms with van der Waals surface area (Å²) in [6.45, 7) is 2.00. The molecule has 0 aliphatic rings. The lowest BCUT2D eigenvalue weighted by molar-refractivity contribution is 0.0689. The number of aromatic carboxylic acids is 1. The fourth-order valence-electron chi connectivity index (χ4n) is 1.66. The zero-order valence-corrected chi connectivity index (χ0v) is 13.2. The minimum Gasteiger partial charge on any atom is -0.477 e. The molecule has 1 heterocycles. The van der Waals surface area contributed by atoms with Gasteiger partial charge in [0.05, 0.1) is 0 Å². The van der Waals surface area contributed by atoms with Crippen LogP contribution in [0.3, 0.4) is 0 Å². The average Bonchev–Trinajstić information content (AvgIpc) is 2.54. The first-order valence-electron chi connectivity index (χ1n) is 6.81. The quantitative estimate of drug-likeness (QED) is 0.619. The molecule has 0 saturated heterocycles. The van der Waals surface area contributed by atoms with Crippen LogP contribution >= 0.6 is 11.8 Å². The largest absolute Gasteiger partial charge is 0.477 e. The third-order valence-electron chi connectivity index (χ3n) is 2.64. The Morgan fingerprint density at radius 1 is 1.26 bits per heavy atom. The fourth-order valence-corrected chi connectivity index (χ4v) is 2.24. The van der Waals surface area contributed by atoms with Crippen molar-refractivity contribution in [1.29, 1.82) is 0 Å². The molecule has 8 heteroatoms. The van der Waals surface area contributed by atoms with Crippen LogP contribution in [-0.4, -0.2) is 32.9 Å². The van der Waals surface area contributed by atoms with Crippen LogP contribution in [0.1, 0.15) is 23.0 Å². The van der Waals surface area contributed by atoms with E-state index in [9.17, 15) is 9.59 Å².